The van der Waals surface area contributed by atoms with E-state index in [0.29, 0.717) is 42.5 Å². The van der Waals surface area contributed by atoms with Crippen LogP contribution >= 0.6 is 11.6 Å². The number of ether oxygens (including phenoxy) is 2. The van der Waals surface area contributed by atoms with Gasteiger partial charge in [0.15, 0.2) is 11.5 Å². The average molecular weight is 301 g/mol. The number of benzene rings is 1. The molecule has 1 aromatic rings. The van der Waals surface area contributed by atoms with Gasteiger partial charge in [-0.15, -0.1) is 0 Å². The van der Waals surface area contributed by atoms with Crippen molar-refractivity contribution in [1.82, 2.24) is 10.6 Å². The second-order valence-electron chi connectivity index (χ2n) is 4.25. The maximum atomic E-state index is 11.1. The summed E-state index contributed by atoms with van der Waals surface area (Å²) in [6, 6.07) is 3.56. The van der Waals surface area contributed by atoms with E-state index in [1.807, 2.05) is 13.1 Å². The van der Waals surface area contributed by atoms with Crippen LogP contribution in [0.25, 0.3) is 0 Å². The Labute approximate surface area is 124 Å². The van der Waals surface area contributed by atoms with Crippen LogP contribution in [0.1, 0.15) is 18.4 Å². The second kappa shape index (κ2) is 8.66. The molecule has 0 heterocycles. The number of carbonyl (C=O) groups excluding carboxylic acids is 1. The van der Waals surface area contributed by atoms with Gasteiger partial charge >= 0.3 is 0 Å². The van der Waals surface area contributed by atoms with E-state index in [1.165, 1.54) is 0 Å². The van der Waals surface area contributed by atoms with Gasteiger partial charge in [0.1, 0.15) is 0 Å². The summed E-state index contributed by atoms with van der Waals surface area (Å²) in [7, 11) is 5.05. The van der Waals surface area contributed by atoms with Crippen LogP contribution in [0.4, 0.5) is 0 Å². The maximum Gasteiger partial charge on any atom is 0.219 e. The third kappa shape index (κ3) is 4.90. The zero-order valence-electron chi connectivity index (χ0n) is 12.1. The zero-order valence-corrected chi connectivity index (χ0v) is 12.8. The Balaban J connectivity index is 2.73. The Morgan fingerprint density at radius 1 is 1.35 bits per heavy atom. The van der Waals surface area contributed by atoms with Gasteiger partial charge in [0.05, 0.1) is 13.7 Å². The highest BCUT2D eigenvalue weighted by Crippen LogP contribution is 2.34. The van der Waals surface area contributed by atoms with Crippen LogP contribution in [-0.2, 0) is 11.3 Å². The van der Waals surface area contributed by atoms with E-state index in [4.69, 9.17) is 21.1 Å². The van der Waals surface area contributed by atoms with Crippen molar-refractivity contribution in [3.63, 3.8) is 0 Å². The number of hydrogen-bond acceptors (Lipinski definition) is 4. The molecular formula is C14H21ClN2O3. The van der Waals surface area contributed by atoms with Gasteiger partial charge in [-0.25, -0.2) is 0 Å². The fourth-order valence-corrected chi connectivity index (χ4v) is 2.02. The molecular weight excluding hydrogens is 280 g/mol. The van der Waals surface area contributed by atoms with Crippen molar-refractivity contribution in [2.24, 2.45) is 0 Å². The van der Waals surface area contributed by atoms with E-state index in [0.717, 1.165) is 5.56 Å². The summed E-state index contributed by atoms with van der Waals surface area (Å²) >= 11 is 6.04. The fourth-order valence-electron chi connectivity index (χ4n) is 1.79. The Morgan fingerprint density at radius 3 is 2.70 bits per heavy atom. The lowest BCUT2D eigenvalue weighted by Crippen LogP contribution is -2.18. The molecule has 0 spiro atoms. The first-order valence-corrected chi connectivity index (χ1v) is 6.84. The lowest BCUT2D eigenvalue weighted by molar-refractivity contribution is -0.120. The van der Waals surface area contributed by atoms with Crippen LogP contribution in [-0.4, -0.2) is 33.7 Å². The van der Waals surface area contributed by atoms with Gasteiger partial charge in [0.2, 0.25) is 5.91 Å². The number of carbonyl (C=O) groups is 1. The number of rotatable bonds is 8. The lowest BCUT2D eigenvalue weighted by atomic mass is 10.2. The molecule has 1 amide bonds. The van der Waals surface area contributed by atoms with Crippen LogP contribution < -0.4 is 20.1 Å². The molecule has 0 fully saturated rings. The summed E-state index contributed by atoms with van der Waals surface area (Å²) in [6.45, 7) is 1.07. The normalized spacial score (nSPS) is 10.2. The van der Waals surface area contributed by atoms with E-state index in [-0.39, 0.29) is 5.91 Å². The molecule has 0 saturated carbocycles. The first-order chi connectivity index (χ1) is 9.62. The predicted molar refractivity (Wildman–Crippen MR) is 79.6 cm³/mol. The van der Waals surface area contributed by atoms with Gasteiger partial charge in [0.25, 0.3) is 0 Å². The molecule has 112 valence electrons. The minimum atomic E-state index is 0.00659. The summed E-state index contributed by atoms with van der Waals surface area (Å²) in [5.74, 6) is 1.28. The molecule has 0 aliphatic heterocycles. The summed E-state index contributed by atoms with van der Waals surface area (Å²) in [5, 5.41) is 6.24. The second-order valence-corrected chi connectivity index (χ2v) is 4.69. The number of nitrogens with one attached hydrogen (secondary N) is 2. The summed E-state index contributed by atoms with van der Waals surface area (Å²) in [5.41, 5.74) is 0.928. The molecule has 5 nitrogen and oxygen atoms in total. The zero-order chi connectivity index (χ0) is 15.0. The van der Waals surface area contributed by atoms with Gasteiger partial charge < -0.3 is 20.1 Å². The fraction of sp³-hybridized carbons (Fsp3) is 0.500. The minimum Gasteiger partial charge on any atom is -0.493 e. The monoisotopic (exact) mass is 300 g/mol. The first-order valence-electron chi connectivity index (χ1n) is 6.46. The standard InChI is InChI=1S/C14H21ClN2O3/c1-16-9-10-7-11(15)8-12(19-3)14(10)20-6-4-5-13(18)17-2/h7-8,16H,4-6,9H2,1-3H3,(H,17,18). The van der Waals surface area contributed by atoms with Crippen LogP contribution in [0.3, 0.4) is 0 Å². The third-order valence-electron chi connectivity index (χ3n) is 2.76. The molecule has 0 aromatic heterocycles. The Hall–Kier alpha value is -1.46. The smallest absolute Gasteiger partial charge is 0.219 e. The molecule has 2 N–H and O–H groups in total. The molecule has 0 aliphatic carbocycles. The Kier molecular flexibility index (Phi) is 7.18. The molecule has 0 radical (unpaired) electrons. The molecule has 1 aromatic carbocycles. The van der Waals surface area contributed by atoms with Crippen LogP contribution in [0.15, 0.2) is 12.1 Å². The van der Waals surface area contributed by atoms with E-state index in [9.17, 15) is 4.79 Å². The van der Waals surface area contributed by atoms with Crippen molar-refractivity contribution in [3.05, 3.63) is 22.7 Å². The maximum absolute atomic E-state index is 11.1. The molecule has 0 atom stereocenters. The topological polar surface area (TPSA) is 59.6 Å². The third-order valence-corrected chi connectivity index (χ3v) is 2.98. The highest BCUT2D eigenvalue weighted by Gasteiger charge is 2.12. The van der Waals surface area contributed by atoms with Crippen molar-refractivity contribution in [2.75, 3.05) is 27.8 Å². The Bertz CT molecular complexity index is 452. The van der Waals surface area contributed by atoms with Gasteiger partial charge in [-0.3, -0.25) is 4.79 Å². The highest BCUT2D eigenvalue weighted by atomic mass is 35.5. The van der Waals surface area contributed by atoms with Crippen molar-refractivity contribution in [3.8, 4) is 11.5 Å². The average Bonchev–Trinajstić information content (AvgIpc) is 2.44. The van der Waals surface area contributed by atoms with Gasteiger partial charge in [-0.2, -0.15) is 0 Å². The Morgan fingerprint density at radius 2 is 2.10 bits per heavy atom. The highest BCUT2D eigenvalue weighted by molar-refractivity contribution is 6.30. The van der Waals surface area contributed by atoms with E-state index in [2.05, 4.69) is 10.6 Å². The molecule has 0 unspecified atom stereocenters. The number of amides is 1. The molecule has 0 saturated heterocycles. The van der Waals surface area contributed by atoms with Crippen molar-refractivity contribution in [2.45, 2.75) is 19.4 Å². The van der Waals surface area contributed by atoms with Crippen LogP contribution in [0.5, 0.6) is 11.5 Å². The van der Waals surface area contributed by atoms with E-state index in [1.54, 1.807) is 20.2 Å². The van der Waals surface area contributed by atoms with E-state index >= 15 is 0 Å². The van der Waals surface area contributed by atoms with Crippen molar-refractivity contribution >= 4 is 17.5 Å². The van der Waals surface area contributed by atoms with Gasteiger partial charge in [0, 0.05) is 36.7 Å². The quantitative estimate of drug-likeness (QED) is 0.721. The largest absolute Gasteiger partial charge is 0.493 e. The minimum absolute atomic E-state index is 0.00659. The summed E-state index contributed by atoms with van der Waals surface area (Å²) < 4.78 is 11.1. The molecule has 0 bridgehead atoms. The van der Waals surface area contributed by atoms with Crippen LogP contribution in [0, 0.1) is 0 Å². The van der Waals surface area contributed by atoms with E-state index < -0.39 is 0 Å². The number of hydrogen-bond donors (Lipinski definition) is 2. The number of methoxy groups -OCH3 is 1. The van der Waals surface area contributed by atoms with Gasteiger partial charge in [-0.1, -0.05) is 11.6 Å². The SMILES string of the molecule is CNCc1cc(Cl)cc(OC)c1OCCCC(=O)NC. The summed E-state index contributed by atoms with van der Waals surface area (Å²) in [6.07, 6.45) is 1.08. The molecule has 1 rings (SSSR count). The molecule has 0 aliphatic rings. The van der Waals surface area contributed by atoms with Crippen molar-refractivity contribution < 1.29 is 14.3 Å². The molecule has 6 heteroatoms. The molecule has 20 heavy (non-hydrogen) atoms. The first kappa shape index (κ1) is 16.6. The number of halogens is 1. The van der Waals surface area contributed by atoms with Crippen LogP contribution in [0.2, 0.25) is 5.02 Å². The van der Waals surface area contributed by atoms with Crippen molar-refractivity contribution in [1.29, 1.82) is 0 Å². The van der Waals surface area contributed by atoms with Gasteiger partial charge in [-0.05, 0) is 19.5 Å². The predicted octanol–water partition coefficient (Wildman–Crippen LogP) is 1.97. The summed E-state index contributed by atoms with van der Waals surface area (Å²) in [4.78, 5) is 11.1. The lowest BCUT2D eigenvalue weighted by Gasteiger charge is -2.15.